The molecule has 1 unspecified atom stereocenters. The number of aliphatic hydroxyl groups is 1. The molecule has 0 saturated carbocycles. The van der Waals surface area contributed by atoms with E-state index in [1.807, 2.05) is 6.07 Å². The van der Waals surface area contributed by atoms with Crippen LogP contribution in [-0.2, 0) is 5.60 Å². The Bertz CT molecular complexity index is 389. The van der Waals surface area contributed by atoms with Crippen LogP contribution in [0.25, 0.3) is 0 Å². The Balaban J connectivity index is 2.96. The molecule has 3 N–H and O–H groups in total. The van der Waals surface area contributed by atoms with Gasteiger partial charge in [0.1, 0.15) is 0 Å². The molecule has 0 heterocycles. The van der Waals surface area contributed by atoms with Gasteiger partial charge in [0.15, 0.2) is 11.5 Å². The van der Waals surface area contributed by atoms with Gasteiger partial charge in [-0.15, -0.1) is 0 Å². The number of hydrogen-bond acceptors (Lipinski definition) is 4. The molecule has 4 heteroatoms. The fraction of sp³-hybridized carbons (Fsp3) is 0.571. The van der Waals surface area contributed by atoms with E-state index in [-0.39, 0.29) is 6.54 Å². The van der Waals surface area contributed by atoms with Gasteiger partial charge in [-0.2, -0.15) is 0 Å². The van der Waals surface area contributed by atoms with E-state index >= 15 is 0 Å². The van der Waals surface area contributed by atoms with Crippen molar-refractivity contribution in [2.45, 2.75) is 26.4 Å². The summed E-state index contributed by atoms with van der Waals surface area (Å²) in [6.07, 6.45) is 0. The van der Waals surface area contributed by atoms with Crippen molar-refractivity contribution in [2.75, 3.05) is 20.3 Å². The first-order valence-corrected chi connectivity index (χ1v) is 6.14. The van der Waals surface area contributed by atoms with Gasteiger partial charge in [0.25, 0.3) is 0 Å². The minimum atomic E-state index is -1.05. The Morgan fingerprint density at radius 1 is 1.33 bits per heavy atom. The second-order valence-electron chi connectivity index (χ2n) is 5.05. The molecule has 1 aromatic carbocycles. The summed E-state index contributed by atoms with van der Waals surface area (Å²) in [5.74, 6) is 1.74. The van der Waals surface area contributed by atoms with Crippen LogP contribution in [0.3, 0.4) is 0 Å². The number of hydrogen-bond donors (Lipinski definition) is 2. The van der Waals surface area contributed by atoms with Gasteiger partial charge in [-0.3, -0.25) is 0 Å². The average molecular weight is 253 g/mol. The molecule has 0 aromatic heterocycles. The fourth-order valence-electron chi connectivity index (χ4n) is 1.50. The smallest absolute Gasteiger partial charge is 0.161 e. The molecule has 0 aliphatic carbocycles. The van der Waals surface area contributed by atoms with E-state index < -0.39 is 5.60 Å². The highest BCUT2D eigenvalue weighted by Crippen LogP contribution is 2.32. The Morgan fingerprint density at radius 3 is 2.50 bits per heavy atom. The van der Waals surface area contributed by atoms with Crippen molar-refractivity contribution in [3.05, 3.63) is 23.8 Å². The zero-order chi connectivity index (χ0) is 13.8. The molecule has 102 valence electrons. The predicted molar refractivity (Wildman–Crippen MR) is 72.0 cm³/mol. The second kappa shape index (κ2) is 6.07. The molecule has 0 bridgehead atoms. The third kappa shape index (κ3) is 3.62. The topological polar surface area (TPSA) is 64.7 Å². The number of rotatable bonds is 6. The SMILES string of the molecule is COc1cc(C(C)(O)CN)ccc1OCC(C)C. The molecule has 0 amide bonds. The third-order valence-electron chi connectivity index (χ3n) is 2.76. The van der Waals surface area contributed by atoms with Crippen LogP contribution in [0.2, 0.25) is 0 Å². The molecule has 0 saturated heterocycles. The molecule has 0 spiro atoms. The Kier molecular flexibility index (Phi) is 4.99. The summed E-state index contributed by atoms with van der Waals surface area (Å²) >= 11 is 0. The maximum absolute atomic E-state index is 10.1. The number of ether oxygens (including phenoxy) is 2. The molecule has 0 radical (unpaired) electrons. The Morgan fingerprint density at radius 2 is 2.00 bits per heavy atom. The van der Waals surface area contributed by atoms with Crippen molar-refractivity contribution < 1.29 is 14.6 Å². The van der Waals surface area contributed by atoms with Gasteiger partial charge in [-0.25, -0.2) is 0 Å². The quantitative estimate of drug-likeness (QED) is 0.812. The van der Waals surface area contributed by atoms with Crippen molar-refractivity contribution in [3.8, 4) is 11.5 Å². The van der Waals surface area contributed by atoms with Crippen molar-refractivity contribution >= 4 is 0 Å². The van der Waals surface area contributed by atoms with Gasteiger partial charge in [0, 0.05) is 6.54 Å². The highest BCUT2D eigenvalue weighted by Gasteiger charge is 2.22. The van der Waals surface area contributed by atoms with Crippen molar-refractivity contribution in [1.82, 2.24) is 0 Å². The van der Waals surface area contributed by atoms with Crippen LogP contribution in [0.5, 0.6) is 11.5 Å². The summed E-state index contributed by atoms with van der Waals surface area (Å²) in [7, 11) is 1.58. The van der Waals surface area contributed by atoms with Gasteiger partial charge in [0.05, 0.1) is 19.3 Å². The van der Waals surface area contributed by atoms with E-state index in [1.54, 1.807) is 26.2 Å². The lowest BCUT2D eigenvalue weighted by molar-refractivity contribution is 0.0665. The van der Waals surface area contributed by atoms with Crippen LogP contribution in [-0.4, -0.2) is 25.4 Å². The molecular formula is C14H23NO3. The molecule has 0 aliphatic heterocycles. The van der Waals surface area contributed by atoms with Crippen molar-refractivity contribution in [3.63, 3.8) is 0 Å². The summed E-state index contributed by atoms with van der Waals surface area (Å²) in [4.78, 5) is 0. The fourth-order valence-corrected chi connectivity index (χ4v) is 1.50. The first-order chi connectivity index (χ1) is 8.40. The number of nitrogens with two attached hydrogens (primary N) is 1. The summed E-state index contributed by atoms with van der Waals surface area (Å²) in [5, 5.41) is 10.1. The molecule has 18 heavy (non-hydrogen) atoms. The van der Waals surface area contributed by atoms with Crippen LogP contribution in [0.4, 0.5) is 0 Å². The first-order valence-electron chi connectivity index (χ1n) is 6.14. The predicted octanol–water partition coefficient (Wildman–Crippen LogP) is 1.90. The summed E-state index contributed by atoms with van der Waals surface area (Å²) in [6, 6.07) is 5.38. The van der Waals surface area contributed by atoms with Crippen LogP contribution in [0, 0.1) is 5.92 Å². The van der Waals surface area contributed by atoms with Gasteiger partial charge >= 0.3 is 0 Å². The first kappa shape index (κ1) is 14.8. The maximum Gasteiger partial charge on any atom is 0.161 e. The number of methoxy groups -OCH3 is 1. The lowest BCUT2D eigenvalue weighted by Gasteiger charge is -2.23. The molecule has 1 aromatic rings. The van der Waals surface area contributed by atoms with Crippen LogP contribution >= 0.6 is 0 Å². The second-order valence-corrected chi connectivity index (χ2v) is 5.05. The average Bonchev–Trinajstić information content (AvgIpc) is 2.35. The van der Waals surface area contributed by atoms with E-state index in [0.29, 0.717) is 24.0 Å². The molecule has 1 rings (SSSR count). The van der Waals surface area contributed by atoms with E-state index in [1.165, 1.54) is 0 Å². The highest BCUT2D eigenvalue weighted by molar-refractivity contribution is 5.44. The summed E-state index contributed by atoms with van der Waals surface area (Å²) in [5.41, 5.74) is 5.21. The monoisotopic (exact) mass is 253 g/mol. The van der Waals surface area contributed by atoms with E-state index in [2.05, 4.69) is 13.8 Å². The van der Waals surface area contributed by atoms with Crippen LogP contribution in [0.1, 0.15) is 26.3 Å². The number of benzene rings is 1. The van der Waals surface area contributed by atoms with Gasteiger partial charge in [-0.05, 0) is 30.5 Å². The Hall–Kier alpha value is -1.26. The maximum atomic E-state index is 10.1. The van der Waals surface area contributed by atoms with Gasteiger partial charge in [-0.1, -0.05) is 19.9 Å². The molecule has 1 atom stereocenters. The molecule has 0 aliphatic rings. The van der Waals surface area contributed by atoms with Gasteiger partial charge in [0.2, 0.25) is 0 Å². The lowest BCUT2D eigenvalue weighted by Crippen LogP contribution is -2.31. The summed E-state index contributed by atoms with van der Waals surface area (Å²) < 4.78 is 10.9. The largest absolute Gasteiger partial charge is 0.493 e. The van der Waals surface area contributed by atoms with Crippen LogP contribution < -0.4 is 15.2 Å². The molecular weight excluding hydrogens is 230 g/mol. The zero-order valence-corrected chi connectivity index (χ0v) is 11.6. The van der Waals surface area contributed by atoms with E-state index in [9.17, 15) is 5.11 Å². The standard InChI is InChI=1S/C14H23NO3/c1-10(2)8-18-12-6-5-11(7-13(12)17-4)14(3,16)9-15/h5-7,10,16H,8-9,15H2,1-4H3. The van der Waals surface area contributed by atoms with Crippen LogP contribution in [0.15, 0.2) is 18.2 Å². The van der Waals surface area contributed by atoms with E-state index in [4.69, 9.17) is 15.2 Å². The van der Waals surface area contributed by atoms with Crippen molar-refractivity contribution in [1.29, 1.82) is 0 Å². The molecule has 4 nitrogen and oxygen atoms in total. The minimum absolute atomic E-state index is 0.155. The third-order valence-corrected chi connectivity index (χ3v) is 2.76. The molecule has 0 fully saturated rings. The minimum Gasteiger partial charge on any atom is -0.493 e. The highest BCUT2D eigenvalue weighted by atomic mass is 16.5. The van der Waals surface area contributed by atoms with Gasteiger partial charge < -0.3 is 20.3 Å². The zero-order valence-electron chi connectivity index (χ0n) is 11.6. The lowest BCUT2D eigenvalue weighted by atomic mass is 9.96. The normalized spacial score (nSPS) is 14.4. The van der Waals surface area contributed by atoms with Crippen molar-refractivity contribution in [2.24, 2.45) is 11.7 Å². The summed E-state index contributed by atoms with van der Waals surface area (Å²) in [6.45, 7) is 6.63. The Labute approximate surface area is 109 Å². The van der Waals surface area contributed by atoms with E-state index in [0.717, 1.165) is 5.56 Å².